The van der Waals surface area contributed by atoms with Gasteiger partial charge in [-0.05, 0) is 37.9 Å². The molecule has 1 aliphatic rings. The first-order valence-electron chi connectivity index (χ1n) is 8.37. The number of aromatic nitrogens is 3. The first-order chi connectivity index (χ1) is 12.0. The van der Waals surface area contributed by atoms with E-state index in [1.807, 2.05) is 13.8 Å². The van der Waals surface area contributed by atoms with E-state index in [1.54, 1.807) is 27.8 Å². The largest absolute Gasteiger partial charge is 0.333 e. The third kappa shape index (κ3) is 3.83. The summed E-state index contributed by atoms with van der Waals surface area (Å²) in [5, 5.41) is 5.34. The standard InChI is InChI=1S/C17H21Cl2N5O.ClH/c1-3-14-21-16(17(25)23-9-11(8-20)7-10(23)2)22-24(14)15-12(18)5-4-6-13(15)19;/h4-6,10-11H,3,7-9,20H2,1-2H3;1H. The number of para-hydroxylation sites is 1. The molecule has 2 heterocycles. The number of nitrogens with zero attached hydrogens (tertiary/aromatic N) is 4. The van der Waals surface area contributed by atoms with Crippen molar-refractivity contribution in [2.75, 3.05) is 13.1 Å². The number of carbonyl (C=O) groups is 1. The first kappa shape index (κ1) is 21.0. The molecular formula is C17H22Cl3N5O. The lowest BCUT2D eigenvalue weighted by atomic mass is 10.1. The van der Waals surface area contributed by atoms with Crippen LogP contribution in [0.3, 0.4) is 0 Å². The van der Waals surface area contributed by atoms with Crippen LogP contribution in [0.1, 0.15) is 36.7 Å². The Balaban J connectivity index is 0.00000243. The SMILES string of the molecule is CCc1nc(C(=O)N2CC(CN)CC2C)nn1-c1c(Cl)cccc1Cl.Cl. The van der Waals surface area contributed by atoms with Crippen LogP contribution in [-0.2, 0) is 6.42 Å². The average Bonchev–Trinajstić information content (AvgIpc) is 3.17. The van der Waals surface area contributed by atoms with Crippen molar-refractivity contribution in [3.05, 3.63) is 39.9 Å². The predicted octanol–water partition coefficient (Wildman–Crippen LogP) is 3.37. The van der Waals surface area contributed by atoms with E-state index in [0.717, 1.165) is 6.42 Å². The number of likely N-dealkylation sites (tertiary alicyclic amines) is 1. The fourth-order valence-corrected chi connectivity index (χ4v) is 3.82. The molecule has 0 saturated carbocycles. The van der Waals surface area contributed by atoms with E-state index in [9.17, 15) is 4.79 Å². The van der Waals surface area contributed by atoms with Crippen LogP contribution in [0, 0.1) is 5.92 Å². The van der Waals surface area contributed by atoms with Gasteiger partial charge in [-0.15, -0.1) is 17.5 Å². The second-order valence-corrected chi connectivity index (χ2v) is 7.15. The van der Waals surface area contributed by atoms with Crippen molar-refractivity contribution in [3.8, 4) is 5.69 Å². The molecule has 1 aliphatic heterocycles. The van der Waals surface area contributed by atoms with Gasteiger partial charge in [-0.3, -0.25) is 4.79 Å². The summed E-state index contributed by atoms with van der Waals surface area (Å²) < 4.78 is 1.57. The molecule has 3 rings (SSSR count). The van der Waals surface area contributed by atoms with E-state index < -0.39 is 0 Å². The minimum atomic E-state index is -0.180. The number of aryl methyl sites for hydroxylation is 1. The summed E-state index contributed by atoms with van der Waals surface area (Å²) in [4.78, 5) is 19.1. The molecule has 26 heavy (non-hydrogen) atoms. The van der Waals surface area contributed by atoms with Crippen LogP contribution in [0.5, 0.6) is 0 Å². The number of benzene rings is 1. The van der Waals surface area contributed by atoms with Crippen molar-refractivity contribution < 1.29 is 4.79 Å². The monoisotopic (exact) mass is 417 g/mol. The molecule has 142 valence electrons. The molecule has 0 radical (unpaired) electrons. The average molecular weight is 419 g/mol. The van der Waals surface area contributed by atoms with Crippen LogP contribution in [0.15, 0.2) is 18.2 Å². The number of hydrogen-bond donors (Lipinski definition) is 1. The van der Waals surface area contributed by atoms with Crippen LogP contribution >= 0.6 is 35.6 Å². The number of nitrogens with two attached hydrogens (primary N) is 1. The summed E-state index contributed by atoms with van der Waals surface area (Å²) in [6.45, 7) is 5.18. The fourth-order valence-electron chi connectivity index (χ4n) is 3.26. The third-order valence-corrected chi connectivity index (χ3v) is 5.20. The molecule has 1 aromatic heterocycles. The molecule has 2 atom stereocenters. The van der Waals surface area contributed by atoms with Gasteiger partial charge >= 0.3 is 0 Å². The van der Waals surface area contributed by atoms with Crippen molar-refractivity contribution in [1.29, 1.82) is 0 Å². The van der Waals surface area contributed by atoms with Crippen molar-refractivity contribution >= 4 is 41.5 Å². The normalized spacial score (nSPS) is 19.5. The van der Waals surface area contributed by atoms with E-state index in [-0.39, 0.29) is 30.2 Å². The van der Waals surface area contributed by atoms with Gasteiger partial charge in [0.05, 0.1) is 10.0 Å². The zero-order chi connectivity index (χ0) is 18.1. The molecule has 2 N–H and O–H groups in total. The Hall–Kier alpha value is -1.34. The minimum Gasteiger partial charge on any atom is -0.333 e. The van der Waals surface area contributed by atoms with Crippen molar-refractivity contribution in [1.82, 2.24) is 19.7 Å². The van der Waals surface area contributed by atoms with Gasteiger partial charge in [0.2, 0.25) is 5.82 Å². The molecular weight excluding hydrogens is 397 g/mol. The van der Waals surface area contributed by atoms with Gasteiger partial charge in [-0.2, -0.15) is 0 Å². The number of hydrogen-bond acceptors (Lipinski definition) is 4. The lowest BCUT2D eigenvalue weighted by Gasteiger charge is -2.19. The Morgan fingerprint density at radius 2 is 2.00 bits per heavy atom. The highest BCUT2D eigenvalue weighted by Gasteiger charge is 2.34. The third-order valence-electron chi connectivity index (χ3n) is 4.59. The van der Waals surface area contributed by atoms with Gasteiger partial charge in [0.1, 0.15) is 11.5 Å². The van der Waals surface area contributed by atoms with Gasteiger partial charge in [0, 0.05) is 19.0 Å². The smallest absolute Gasteiger partial charge is 0.293 e. The maximum Gasteiger partial charge on any atom is 0.293 e. The van der Waals surface area contributed by atoms with Crippen molar-refractivity contribution in [3.63, 3.8) is 0 Å². The zero-order valence-electron chi connectivity index (χ0n) is 14.7. The van der Waals surface area contributed by atoms with Gasteiger partial charge < -0.3 is 10.6 Å². The molecule has 9 heteroatoms. The van der Waals surface area contributed by atoms with Crippen LogP contribution < -0.4 is 5.73 Å². The minimum absolute atomic E-state index is 0. The van der Waals surface area contributed by atoms with Gasteiger partial charge in [0.25, 0.3) is 5.91 Å². The zero-order valence-corrected chi connectivity index (χ0v) is 17.0. The Morgan fingerprint density at radius 1 is 1.35 bits per heavy atom. The fraction of sp³-hybridized carbons (Fsp3) is 0.471. The van der Waals surface area contributed by atoms with Gasteiger partial charge in [-0.25, -0.2) is 9.67 Å². The summed E-state index contributed by atoms with van der Waals surface area (Å²) in [6, 6.07) is 5.36. The molecule has 6 nitrogen and oxygen atoms in total. The van der Waals surface area contributed by atoms with E-state index >= 15 is 0 Å². The van der Waals surface area contributed by atoms with Crippen molar-refractivity contribution in [2.45, 2.75) is 32.7 Å². The molecule has 0 spiro atoms. The summed E-state index contributed by atoms with van der Waals surface area (Å²) in [5.41, 5.74) is 6.30. The molecule has 1 fully saturated rings. The Bertz CT molecular complexity index is 774. The van der Waals surface area contributed by atoms with Gasteiger partial charge in [-0.1, -0.05) is 36.2 Å². The Labute approximate surface area is 169 Å². The second-order valence-electron chi connectivity index (χ2n) is 6.33. The summed E-state index contributed by atoms with van der Waals surface area (Å²) in [6.07, 6.45) is 1.50. The van der Waals surface area contributed by atoms with E-state index in [4.69, 9.17) is 28.9 Å². The topological polar surface area (TPSA) is 77.0 Å². The highest BCUT2D eigenvalue weighted by molar-refractivity contribution is 6.37. The predicted molar refractivity (Wildman–Crippen MR) is 106 cm³/mol. The lowest BCUT2D eigenvalue weighted by Crippen LogP contribution is -2.35. The van der Waals surface area contributed by atoms with Crippen molar-refractivity contribution in [2.24, 2.45) is 11.7 Å². The maximum atomic E-state index is 12.9. The van der Waals surface area contributed by atoms with E-state index in [2.05, 4.69) is 10.1 Å². The molecule has 1 amide bonds. The number of amides is 1. The molecule has 2 unspecified atom stereocenters. The van der Waals surface area contributed by atoms with E-state index in [0.29, 0.717) is 47.0 Å². The Kier molecular flexibility index (Phi) is 6.91. The molecule has 0 bridgehead atoms. The summed E-state index contributed by atoms with van der Waals surface area (Å²) >= 11 is 12.6. The quantitative estimate of drug-likeness (QED) is 0.826. The summed E-state index contributed by atoms with van der Waals surface area (Å²) in [5.74, 6) is 0.947. The number of halogens is 3. The Morgan fingerprint density at radius 3 is 2.54 bits per heavy atom. The molecule has 1 aromatic carbocycles. The summed E-state index contributed by atoms with van der Waals surface area (Å²) in [7, 11) is 0. The second kappa shape index (κ2) is 8.57. The van der Waals surface area contributed by atoms with E-state index in [1.165, 1.54) is 0 Å². The van der Waals surface area contributed by atoms with Crippen LogP contribution in [0.2, 0.25) is 10.0 Å². The molecule has 2 aromatic rings. The lowest BCUT2D eigenvalue weighted by molar-refractivity contribution is 0.0731. The highest BCUT2D eigenvalue weighted by atomic mass is 35.5. The first-order valence-corrected chi connectivity index (χ1v) is 9.13. The maximum absolute atomic E-state index is 12.9. The molecule has 1 saturated heterocycles. The van der Waals surface area contributed by atoms with Gasteiger partial charge in [0.15, 0.2) is 0 Å². The van der Waals surface area contributed by atoms with Crippen LogP contribution in [-0.4, -0.2) is 44.7 Å². The van der Waals surface area contributed by atoms with Crippen LogP contribution in [0.4, 0.5) is 0 Å². The number of carbonyl (C=O) groups excluding carboxylic acids is 1. The van der Waals surface area contributed by atoms with Crippen LogP contribution in [0.25, 0.3) is 5.69 Å². The molecule has 0 aliphatic carbocycles. The number of rotatable bonds is 4. The highest BCUT2D eigenvalue weighted by Crippen LogP contribution is 2.29.